The van der Waals surface area contributed by atoms with Gasteiger partial charge >= 0.3 is 0 Å². The molecule has 4 heteroatoms. The lowest BCUT2D eigenvalue weighted by Gasteiger charge is -2.30. The first-order valence-corrected chi connectivity index (χ1v) is 7.46. The van der Waals surface area contributed by atoms with Crippen LogP contribution in [0.1, 0.15) is 36.0 Å². The van der Waals surface area contributed by atoms with Crippen LogP contribution in [0.4, 0.5) is 5.82 Å². The Morgan fingerprint density at radius 1 is 1.14 bits per heavy atom. The molecular formula is C17H21N3O. The molecule has 1 N–H and O–H groups in total. The number of benzene rings is 1. The number of rotatable bonds is 3. The van der Waals surface area contributed by atoms with Gasteiger partial charge in [-0.15, -0.1) is 0 Å². The maximum absolute atomic E-state index is 5.91. The zero-order chi connectivity index (χ0) is 14.7. The van der Waals surface area contributed by atoms with E-state index in [-0.39, 0.29) is 6.10 Å². The fraction of sp³-hybridized carbons (Fsp3) is 0.412. The highest BCUT2D eigenvalue weighted by atomic mass is 16.5. The quantitative estimate of drug-likeness (QED) is 0.937. The largest absolute Gasteiger partial charge is 0.373 e. The van der Waals surface area contributed by atoms with Gasteiger partial charge in [0.1, 0.15) is 11.6 Å². The Morgan fingerprint density at radius 2 is 1.95 bits per heavy atom. The van der Waals surface area contributed by atoms with Crippen LogP contribution in [0.3, 0.4) is 0 Å². The van der Waals surface area contributed by atoms with Gasteiger partial charge in [0.05, 0.1) is 6.10 Å². The molecule has 1 aromatic heterocycles. The van der Waals surface area contributed by atoms with Crippen LogP contribution in [0.25, 0.3) is 0 Å². The molecule has 0 spiro atoms. The van der Waals surface area contributed by atoms with Gasteiger partial charge in [-0.2, -0.15) is 0 Å². The van der Waals surface area contributed by atoms with Crippen LogP contribution in [-0.2, 0) is 4.74 Å². The van der Waals surface area contributed by atoms with E-state index in [1.54, 1.807) is 0 Å². The minimum atomic E-state index is 0.168. The number of nitrogens with one attached hydrogen (secondary N) is 1. The van der Waals surface area contributed by atoms with Gasteiger partial charge in [0, 0.05) is 24.4 Å². The maximum Gasteiger partial charge on any atom is 0.130 e. The summed E-state index contributed by atoms with van der Waals surface area (Å²) in [5, 5.41) is 3.53. The van der Waals surface area contributed by atoms with Crippen molar-refractivity contribution in [2.75, 3.05) is 11.9 Å². The highest BCUT2D eigenvalue weighted by Crippen LogP contribution is 2.29. The van der Waals surface area contributed by atoms with E-state index < -0.39 is 0 Å². The molecule has 1 saturated heterocycles. The summed E-state index contributed by atoms with van der Waals surface area (Å²) in [5.74, 6) is 1.72. The topological polar surface area (TPSA) is 47.0 Å². The fourth-order valence-electron chi connectivity index (χ4n) is 2.83. The summed E-state index contributed by atoms with van der Waals surface area (Å²) in [5.41, 5.74) is 2.25. The first-order chi connectivity index (χ1) is 10.2. The van der Waals surface area contributed by atoms with Crippen LogP contribution >= 0.6 is 0 Å². The lowest BCUT2D eigenvalue weighted by molar-refractivity contribution is 0.00974. The van der Waals surface area contributed by atoms with E-state index in [4.69, 9.17) is 4.74 Å². The molecule has 2 unspecified atom stereocenters. The van der Waals surface area contributed by atoms with Crippen molar-refractivity contribution in [3.8, 4) is 0 Å². The Hall–Kier alpha value is -1.94. The van der Waals surface area contributed by atoms with Gasteiger partial charge in [-0.25, -0.2) is 9.97 Å². The second kappa shape index (κ2) is 6.22. The SMILES string of the molecule is Cc1cc(NC2CCOC(c3ccccc3)C2)nc(C)n1. The molecule has 2 aromatic rings. The molecule has 1 fully saturated rings. The zero-order valence-corrected chi connectivity index (χ0v) is 12.5. The van der Waals surface area contributed by atoms with Crippen LogP contribution in [0.5, 0.6) is 0 Å². The van der Waals surface area contributed by atoms with Crippen LogP contribution in [0.15, 0.2) is 36.4 Å². The molecule has 1 aliphatic rings. The molecule has 4 nitrogen and oxygen atoms in total. The van der Waals surface area contributed by atoms with E-state index in [1.165, 1.54) is 5.56 Å². The van der Waals surface area contributed by atoms with Crippen molar-refractivity contribution in [2.24, 2.45) is 0 Å². The first kappa shape index (κ1) is 14.0. The molecule has 0 amide bonds. The molecule has 0 bridgehead atoms. The average molecular weight is 283 g/mol. The highest BCUT2D eigenvalue weighted by Gasteiger charge is 2.24. The number of hydrogen-bond donors (Lipinski definition) is 1. The van der Waals surface area contributed by atoms with E-state index in [0.717, 1.165) is 36.8 Å². The number of aromatic nitrogens is 2. The molecule has 0 saturated carbocycles. The molecule has 0 aliphatic carbocycles. The molecule has 2 heterocycles. The van der Waals surface area contributed by atoms with Crippen LogP contribution in [0.2, 0.25) is 0 Å². The van der Waals surface area contributed by atoms with Gasteiger partial charge in [0.15, 0.2) is 0 Å². The summed E-state index contributed by atoms with van der Waals surface area (Å²) in [6.07, 6.45) is 2.14. The third-order valence-corrected chi connectivity index (χ3v) is 3.77. The van der Waals surface area contributed by atoms with Gasteiger partial charge < -0.3 is 10.1 Å². The molecule has 21 heavy (non-hydrogen) atoms. The predicted molar refractivity (Wildman–Crippen MR) is 83.3 cm³/mol. The molecule has 2 atom stereocenters. The van der Waals surface area contributed by atoms with Crippen molar-refractivity contribution in [3.05, 3.63) is 53.5 Å². The molecule has 1 aromatic carbocycles. The van der Waals surface area contributed by atoms with Crippen molar-refractivity contribution < 1.29 is 4.74 Å². The Morgan fingerprint density at radius 3 is 2.71 bits per heavy atom. The lowest BCUT2D eigenvalue weighted by atomic mass is 9.97. The number of anilines is 1. The van der Waals surface area contributed by atoms with Gasteiger partial charge in [0.2, 0.25) is 0 Å². The predicted octanol–water partition coefficient (Wildman–Crippen LogP) is 3.43. The van der Waals surface area contributed by atoms with Crippen LogP contribution < -0.4 is 5.32 Å². The lowest BCUT2D eigenvalue weighted by Crippen LogP contribution is -2.30. The standard InChI is InChI=1S/C17H21N3O/c1-12-10-17(19-13(2)18-12)20-15-8-9-21-16(11-15)14-6-4-3-5-7-14/h3-7,10,15-16H,8-9,11H2,1-2H3,(H,18,19,20). The number of nitrogens with zero attached hydrogens (tertiary/aromatic N) is 2. The van der Waals surface area contributed by atoms with E-state index >= 15 is 0 Å². The highest BCUT2D eigenvalue weighted by molar-refractivity contribution is 5.37. The summed E-state index contributed by atoms with van der Waals surface area (Å²) >= 11 is 0. The Balaban J connectivity index is 1.69. The summed E-state index contributed by atoms with van der Waals surface area (Å²) in [6.45, 7) is 4.70. The molecule has 3 rings (SSSR count). The third kappa shape index (κ3) is 3.58. The van der Waals surface area contributed by atoms with Gasteiger partial charge in [-0.1, -0.05) is 30.3 Å². The van der Waals surface area contributed by atoms with E-state index in [0.29, 0.717) is 6.04 Å². The van der Waals surface area contributed by atoms with Crippen molar-refractivity contribution in [1.82, 2.24) is 9.97 Å². The normalized spacial score (nSPS) is 22.0. The van der Waals surface area contributed by atoms with E-state index in [9.17, 15) is 0 Å². The minimum Gasteiger partial charge on any atom is -0.373 e. The monoisotopic (exact) mass is 283 g/mol. The van der Waals surface area contributed by atoms with E-state index in [1.807, 2.05) is 26.0 Å². The van der Waals surface area contributed by atoms with Gasteiger partial charge in [0.25, 0.3) is 0 Å². The number of hydrogen-bond acceptors (Lipinski definition) is 4. The van der Waals surface area contributed by atoms with Crippen molar-refractivity contribution in [2.45, 2.75) is 38.8 Å². The number of ether oxygens (including phenoxy) is 1. The molecular weight excluding hydrogens is 262 g/mol. The second-order valence-electron chi connectivity index (χ2n) is 5.58. The van der Waals surface area contributed by atoms with Crippen molar-refractivity contribution in [1.29, 1.82) is 0 Å². The van der Waals surface area contributed by atoms with Crippen LogP contribution in [-0.4, -0.2) is 22.6 Å². The van der Waals surface area contributed by atoms with Crippen molar-refractivity contribution >= 4 is 5.82 Å². The Bertz CT molecular complexity index is 580. The Labute approximate surface area is 125 Å². The van der Waals surface area contributed by atoms with Crippen LogP contribution in [0, 0.1) is 13.8 Å². The Kier molecular flexibility index (Phi) is 4.15. The molecule has 110 valence electrons. The maximum atomic E-state index is 5.91. The van der Waals surface area contributed by atoms with Gasteiger partial charge in [-0.05, 0) is 32.3 Å². The summed E-state index contributed by atoms with van der Waals surface area (Å²) < 4.78 is 5.91. The second-order valence-corrected chi connectivity index (χ2v) is 5.58. The van der Waals surface area contributed by atoms with Gasteiger partial charge in [-0.3, -0.25) is 0 Å². The zero-order valence-electron chi connectivity index (χ0n) is 12.5. The fourth-order valence-corrected chi connectivity index (χ4v) is 2.83. The summed E-state index contributed by atoms with van der Waals surface area (Å²) in [6, 6.07) is 12.8. The smallest absolute Gasteiger partial charge is 0.130 e. The average Bonchev–Trinajstić information content (AvgIpc) is 2.47. The first-order valence-electron chi connectivity index (χ1n) is 7.46. The molecule has 0 radical (unpaired) electrons. The number of aryl methyl sites for hydroxylation is 2. The van der Waals surface area contributed by atoms with E-state index in [2.05, 4.69) is 39.6 Å². The third-order valence-electron chi connectivity index (χ3n) is 3.77. The molecule has 1 aliphatic heterocycles. The summed E-state index contributed by atoms with van der Waals surface area (Å²) in [7, 11) is 0. The van der Waals surface area contributed by atoms with Crippen molar-refractivity contribution in [3.63, 3.8) is 0 Å². The minimum absolute atomic E-state index is 0.168. The summed E-state index contributed by atoms with van der Waals surface area (Å²) in [4.78, 5) is 8.78.